The summed E-state index contributed by atoms with van der Waals surface area (Å²) in [6.07, 6.45) is 1.29. The van der Waals surface area contributed by atoms with Gasteiger partial charge >= 0.3 is 0 Å². The van der Waals surface area contributed by atoms with Crippen LogP contribution in [0.4, 0.5) is 10.1 Å². The number of oxazole rings is 1. The average Bonchev–Trinajstić information content (AvgIpc) is 2.83. The third-order valence-electron chi connectivity index (χ3n) is 2.43. The van der Waals surface area contributed by atoms with E-state index in [9.17, 15) is 9.18 Å². The molecule has 0 aliphatic rings. The molecule has 4 nitrogen and oxygen atoms in total. The van der Waals surface area contributed by atoms with Gasteiger partial charge in [-0.1, -0.05) is 25.4 Å². The number of carbonyl (C=O) groups excluding carboxylic acids is 1. The van der Waals surface area contributed by atoms with Gasteiger partial charge in [-0.2, -0.15) is 0 Å². The van der Waals surface area contributed by atoms with Gasteiger partial charge < -0.3 is 9.73 Å². The van der Waals surface area contributed by atoms with Gasteiger partial charge in [0.1, 0.15) is 12.1 Å². The first kappa shape index (κ1) is 13.5. The van der Waals surface area contributed by atoms with Crippen molar-refractivity contribution in [2.45, 2.75) is 19.8 Å². The zero-order valence-electron chi connectivity index (χ0n) is 10.4. The molecule has 19 heavy (non-hydrogen) atoms. The molecule has 0 saturated carbocycles. The van der Waals surface area contributed by atoms with E-state index in [1.807, 2.05) is 13.8 Å². The van der Waals surface area contributed by atoms with Gasteiger partial charge in [0.2, 0.25) is 0 Å². The Morgan fingerprint density at radius 1 is 1.47 bits per heavy atom. The molecule has 2 aromatic rings. The minimum Gasteiger partial charge on any atom is -0.448 e. The number of nitrogens with zero attached hydrogens (tertiary/aromatic N) is 1. The van der Waals surface area contributed by atoms with E-state index in [0.717, 1.165) is 0 Å². The molecule has 1 aromatic carbocycles. The van der Waals surface area contributed by atoms with Crippen molar-refractivity contribution >= 4 is 23.2 Å². The minimum absolute atomic E-state index is 0.0548. The third-order valence-corrected chi connectivity index (χ3v) is 2.72. The summed E-state index contributed by atoms with van der Waals surface area (Å²) < 4.78 is 18.1. The number of amides is 1. The number of rotatable bonds is 3. The Kier molecular flexibility index (Phi) is 3.85. The second kappa shape index (κ2) is 5.40. The van der Waals surface area contributed by atoms with Crippen LogP contribution >= 0.6 is 11.6 Å². The largest absolute Gasteiger partial charge is 0.448 e. The Bertz CT molecular complexity index is 610. The van der Waals surface area contributed by atoms with Gasteiger partial charge in [0.05, 0.1) is 5.02 Å². The molecule has 6 heteroatoms. The maximum absolute atomic E-state index is 13.0. The topological polar surface area (TPSA) is 55.1 Å². The predicted octanol–water partition coefficient (Wildman–Crippen LogP) is 3.84. The molecule has 0 fully saturated rings. The Morgan fingerprint density at radius 2 is 2.21 bits per heavy atom. The number of aromatic nitrogens is 1. The fraction of sp³-hybridized carbons (Fsp3) is 0.231. The standard InChI is InChI=1S/C13H12ClFN2O2/c1-7(2)13-17-11(6-19-13)12(18)16-8-3-4-10(15)9(14)5-8/h3-7H,1-2H3,(H,16,18). The van der Waals surface area contributed by atoms with Gasteiger partial charge in [-0.25, -0.2) is 9.37 Å². The van der Waals surface area contributed by atoms with E-state index in [2.05, 4.69) is 10.3 Å². The average molecular weight is 283 g/mol. The molecule has 0 unspecified atom stereocenters. The van der Waals surface area contributed by atoms with Crippen molar-refractivity contribution in [3.63, 3.8) is 0 Å². The van der Waals surface area contributed by atoms with Crippen molar-refractivity contribution < 1.29 is 13.6 Å². The van der Waals surface area contributed by atoms with Gasteiger partial charge in [0, 0.05) is 11.6 Å². The number of nitrogens with one attached hydrogen (secondary N) is 1. The monoisotopic (exact) mass is 282 g/mol. The summed E-state index contributed by atoms with van der Waals surface area (Å²) in [5.74, 6) is -0.384. The van der Waals surface area contributed by atoms with E-state index in [1.165, 1.54) is 24.5 Å². The lowest BCUT2D eigenvalue weighted by Crippen LogP contribution is -2.12. The van der Waals surface area contributed by atoms with Gasteiger partial charge in [-0.05, 0) is 18.2 Å². The SMILES string of the molecule is CC(C)c1nc(C(=O)Nc2ccc(F)c(Cl)c2)co1. The Balaban J connectivity index is 2.13. The highest BCUT2D eigenvalue weighted by Crippen LogP contribution is 2.20. The Hall–Kier alpha value is -1.88. The molecule has 0 aliphatic carbocycles. The van der Waals surface area contributed by atoms with Crippen LogP contribution < -0.4 is 5.32 Å². The second-order valence-corrected chi connectivity index (χ2v) is 4.72. The summed E-state index contributed by atoms with van der Waals surface area (Å²) in [7, 11) is 0. The quantitative estimate of drug-likeness (QED) is 0.930. The van der Waals surface area contributed by atoms with E-state index in [-0.39, 0.29) is 16.6 Å². The summed E-state index contributed by atoms with van der Waals surface area (Å²) in [6.45, 7) is 3.82. The summed E-state index contributed by atoms with van der Waals surface area (Å²) in [5.41, 5.74) is 0.564. The predicted molar refractivity (Wildman–Crippen MR) is 70.0 cm³/mol. The number of halogens is 2. The maximum atomic E-state index is 13.0. The van der Waals surface area contributed by atoms with Gasteiger partial charge in [0.25, 0.3) is 5.91 Å². The molecule has 1 amide bonds. The lowest BCUT2D eigenvalue weighted by molar-refractivity contribution is 0.102. The molecule has 0 radical (unpaired) electrons. The van der Waals surface area contributed by atoms with Crippen molar-refractivity contribution in [1.82, 2.24) is 4.98 Å². The fourth-order valence-corrected chi connectivity index (χ4v) is 1.61. The van der Waals surface area contributed by atoms with Gasteiger partial charge in [-0.15, -0.1) is 0 Å². The molecule has 100 valence electrons. The third kappa shape index (κ3) is 3.12. The molecular formula is C13H12ClFN2O2. The molecular weight excluding hydrogens is 271 g/mol. The van der Waals surface area contributed by atoms with Crippen LogP contribution in [0.15, 0.2) is 28.9 Å². The zero-order chi connectivity index (χ0) is 14.0. The molecule has 1 heterocycles. The summed E-state index contributed by atoms with van der Waals surface area (Å²) in [4.78, 5) is 15.9. The number of anilines is 1. The molecule has 0 spiro atoms. The number of hydrogen-bond acceptors (Lipinski definition) is 3. The summed E-state index contributed by atoms with van der Waals surface area (Å²) in [5, 5.41) is 2.51. The minimum atomic E-state index is -0.539. The van der Waals surface area contributed by atoms with Crippen LogP contribution in [0.2, 0.25) is 5.02 Å². The van der Waals surface area contributed by atoms with E-state index in [1.54, 1.807) is 0 Å². The van der Waals surface area contributed by atoms with Crippen LogP contribution in [0.5, 0.6) is 0 Å². The van der Waals surface area contributed by atoms with Crippen molar-refractivity contribution in [2.24, 2.45) is 0 Å². The van der Waals surface area contributed by atoms with Gasteiger partial charge in [-0.3, -0.25) is 4.79 Å². The fourth-order valence-electron chi connectivity index (χ4n) is 1.43. The van der Waals surface area contributed by atoms with Crippen LogP contribution in [-0.4, -0.2) is 10.9 Å². The Morgan fingerprint density at radius 3 is 2.79 bits per heavy atom. The number of hydrogen-bond donors (Lipinski definition) is 1. The highest BCUT2D eigenvalue weighted by atomic mass is 35.5. The van der Waals surface area contributed by atoms with E-state index in [0.29, 0.717) is 11.6 Å². The number of carbonyl (C=O) groups is 1. The van der Waals surface area contributed by atoms with Crippen LogP contribution in [0.25, 0.3) is 0 Å². The van der Waals surface area contributed by atoms with Crippen molar-refractivity contribution in [2.75, 3.05) is 5.32 Å². The molecule has 1 aromatic heterocycles. The lowest BCUT2D eigenvalue weighted by Gasteiger charge is -2.03. The van der Waals surface area contributed by atoms with Crippen molar-refractivity contribution in [3.8, 4) is 0 Å². The summed E-state index contributed by atoms with van der Waals surface area (Å²) in [6, 6.07) is 3.93. The number of benzene rings is 1. The first-order valence-corrected chi connectivity index (χ1v) is 6.07. The first-order chi connectivity index (χ1) is 8.97. The van der Waals surface area contributed by atoms with Crippen molar-refractivity contribution in [3.05, 3.63) is 46.9 Å². The smallest absolute Gasteiger partial charge is 0.277 e. The van der Waals surface area contributed by atoms with Crippen LogP contribution in [0, 0.1) is 5.82 Å². The molecule has 0 saturated heterocycles. The summed E-state index contributed by atoms with van der Waals surface area (Å²) >= 11 is 5.63. The van der Waals surface area contributed by atoms with Crippen LogP contribution in [-0.2, 0) is 0 Å². The van der Waals surface area contributed by atoms with Gasteiger partial charge in [0.15, 0.2) is 11.6 Å². The molecule has 0 bridgehead atoms. The van der Waals surface area contributed by atoms with Crippen molar-refractivity contribution in [1.29, 1.82) is 0 Å². The lowest BCUT2D eigenvalue weighted by atomic mass is 10.2. The van der Waals surface area contributed by atoms with E-state index >= 15 is 0 Å². The normalized spacial score (nSPS) is 10.8. The highest BCUT2D eigenvalue weighted by Gasteiger charge is 2.14. The zero-order valence-corrected chi connectivity index (χ0v) is 11.2. The first-order valence-electron chi connectivity index (χ1n) is 5.69. The maximum Gasteiger partial charge on any atom is 0.277 e. The van der Waals surface area contributed by atoms with Crippen LogP contribution in [0.3, 0.4) is 0 Å². The Labute approximate surface area is 114 Å². The molecule has 0 atom stereocenters. The molecule has 0 aliphatic heterocycles. The highest BCUT2D eigenvalue weighted by molar-refractivity contribution is 6.31. The second-order valence-electron chi connectivity index (χ2n) is 4.31. The molecule has 2 rings (SSSR count). The van der Waals surface area contributed by atoms with E-state index < -0.39 is 11.7 Å². The van der Waals surface area contributed by atoms with E-state index in [4.69, 9.17) is 16.0 Å². The van der Waals surface area contributed by atoms with Crippen LogP contribution in [0.1, 0.15) is 36.1 Å². The molecule has 1 N–H and O–H groups in total.